The molecule has 196 valence electrons. The van der Waals surface area contributed by atoms with E-state index in [2.05, 4.69) is 30.2 Å². The summed E-state index contributed by atoms with van der Waals surface area (Å²) in [5, 5.41) is 0. The molecule has 0 saturated carbocycles. The van der Waals surface area contributed by atoms with Crippen LogP contribution in [0, 0.1) is 0 Å². The van der Waals surface area contributed by atoms with Crippen molar-refractivity contribution in [1.29, 1.82) is 0 Å². The van der Waals surface area contributed by atoms with E-state index in [0.717, 1.165) is 42.2 Å². The van der Waals surface area contributed by atoms with Gasteiger partial charge in [-0.1, -0.05) is 37.4 Å². The fraction of sp³-hybridized carbons (Fsp3) is 0.367. The molecule has 0 amide bonds. The molecule has 2 aliphatic heterocycles. The zero-order valence-corrected chi connectivity index (χ0v) is 22.5. The molecule has 7 nitrogen and oxygen atoms in total. The average Bonchev–Trinajstić information content (AvgIpc) is 3.41. The quantitative estimate of drug-likeness (QED) is 0.411. The van der Waals surface area contributed by atoms with Crippen LogP contribution in [0.2, 0.25) is 0 Å². The molecule has 4 rings (SSSR count). The van der Waals surface area contributed by atoms with E-state index in [9.17, 15) is 0 Å². The highest BCUT2D eigenvalue weighted by Gasteiger charge is 2.31. The smallest absolute Gasteiger partial charge is 0.146 e. The summed E-state index contributed by atoms with van der Waals surface area (Å²) in [6.45, 7) is 14.8. The van der Waals surface area contributed by atoms with Crippen LogP contribution in [0.15, 0.2) is 83.8 Å². The predicted octanol–water partition coefficient (Wildman–Crippen LogP) is 5.76. The molecule has 1 unspecified atom stereocenters. The Morgan fingerprint density at radius 1 is 1.00 bits per heavy atom. The third kappa shape index (κ3) is 5.52. The van der Waals surface area contributed by atoms with Crippen molar-refractivity contribution in [2.24, 2.45) is 4.99 Å². The van der Waals surface area contributed by atoms with Gasteiger partial charge in [-0.25, -0.2) is 4.99 Å². The second kappa shape index (κ2) is 11.6. The van der Waals surface area contributed by atoms with E-state index in [1.54, 1.807) is 21.3 Å². The summed E-state index contributed by atoms with van der Waals surface area (Å²) >= 11 is 0. The Morgan fingerprint density at radius 3 is 2.30 bits per heavy atom. The minimum absolute atomic E-state index is 0.0502. The number of anilines is 1. The van der Waals surface area contributed by atoms with Gasteiger partial charge in [0.25, 0.3) is 0 Å². The van der Waals surface area contributed by atoms with E-state index in [-0.39, 0.29) is 6.10 Å². The van der Waals surface area contributed by atoms with Crippen LogP contribution in [-0.2, 0) is 4.74 Å². The van der Waals surface area contributed by atoms with Gasteiger partial charge < -0.3 is 23.8 Å². The zero-order chi connectivity index (χ0) is 26.5. The molecular formula is C30H37N3O4. The number of ether oxygens (including phenoxy) is 4. The van der Waals surface area contributed by atoms with Crippen LogP contribution < -0.4 is 19.1 Å². The molecule has 2 aromatic carbocycles. The highest BCUT2D eigenvalue weighted by Crippen LogP contribution is 2.42. The highest BCUT2D eigenvalue weighted by molar-refractivity contribution is 6.05. The van der Waals surface area contributed by atoms with Crippen LogP contribution in [0.5, 0.6) is 17.2 Å². The van der Waals surface area contributed by atoms with E-state index < -0.39 is 0 Å². The van der Waals surface area contributed by atoms with Crippen LogP contribution in [0.4, 0.5) is 5.69 Å². The maximum atomic E-state index is 5.94. The first-order chi connectivity index (χ1) is 17.9. The van der Waals surface area contributed by atoms with Gasteiger partial charge in [0, 0.05) is 36.5 Å². The second-order valence-electron chi connectivity index (χ2n) is 9.38. The zero-order valence-electron chi connectivity index (χ0n) is 22.5. The number of rotatable bonds is 10. The summed E-state index contributed by atoms with van der Waals surface area (Å²) in [6, 6.07) is 13.9. The first kappa shape index (κ1) is 26.4. The molecule has 0 radical (unpaired) electrons. The van der Waals surface area contributed by atoms with Gasteiger partial charge in [-0.2, -0.15) is 0 Å². The lowest BCUT2D eigenvalue weighted by Gasteiger charge is -2.33. The SMILES string of the molecule is C=C1N=C(COC(C)C)N(c2c(OC)cccc2OC)C=C1C(=C)N1CCC(c2ccccc2OC)C1. The minimum Gasteiger partial charge on any atom is -0.496 e. The molecule has 37 heavy (non-hydrogen) atoms. The molecular weight excluding hydrogens is 466 g/mol. The average molecular weight is 504 g/mol. The molecule has 0 N–H and O–H groups in total. The Kier molecular flexibility index (Phi) is 8.24. The molecule has 0 bridgehead atoms. The number of methoxy groups -OCH3 is 3. The van der Waals surface area contributed by atoms with Gasteiger partial charge in [-0.05, 0) is 44.0 Å². The number of aliphatic imine (C=N–C) groups is 1. The van der Waals surface area contributed by atoms with Crippen molar-refractivity contribution in [1.82, 2.24) is 4.90 Å². The van der Waals surface area contributed by atoms with Crippen LogP contribution in [-0.4, -0.2) is 57.9 Å². The van der Waals surface area contributed by atoms with Crippen molar-refractivity contribution < 1.29 is 18.9 Å². The summed E-state index contributed by atoms with van der Waals surface area (Å²) < 4.78 is 23.0. The van der Waals surface area contributed by atoms with Gasteiger partial charge in [-0.15, -0.1) is 0 Å². The van der Waals surface area contributed by atoms with Gasteiger partial charge in [-0.3, -0.25) is 4.90 Å². The van der Waals surface area contributed by atoms with E-state index in [1.807, 2.05) is 55.3 Å². The summed E-state index contributed by atoms with van der Waals surface area (Å²) in [4.78, 5) is 9.16. The number of likely N-dealkylation sites (tertiary alicyclic amines) is 1. The molecule has 2 heterocycles. The van der Waals surface area contributed by atoms with Gasteiger partial charge in [0.05, 0.1) is 33.1 Å². The maximum absolute atomic E-state index is 5.94. The van der Waals surface area contributed by atoms with E-state index in [4.69, 9.17) is 23.9 Å². The van der Waals surface area contributed by atoms with Gasteiger partial charge >= 0.3 is 0 Å². The lowest BCUT2D eigenvalue weighted by molar-refractivity contribution is 0.110. The Labute approximate surface area is 220 Å². The highest BCUT2D eigenvalue weighted by atomic mass is 16.5. The Hall–Kier alpha value is -3.71. The molecule has 2 aliphatic rings. The molecule has 0 aromatic heterocycles. The normalized spacial score (nSPS) is 17.6. The molecule has 0 aliphatic carbocycles. The van der Waals surface area contributed by atoms with E-state index >= 15 is 0 Å². The van der Waals surface area contributed by atoms with Crippen molar-refractivity contribution in [2.75, 3.05) is 45.9 Å². The maximum Gasteiger partial charge on any atom is 0.146 e. The van der Waals surface area contributed by atoms with Crippen LogP contribution in [0.1, 0.15) is 31.7 Å². The predicted molar refractivity (Wildman–Crippen MR) is 149 cm³/mol. The summed E-state index contributed by atoms with van der Waals surface area (Å²) in [5.74, 6) is 3.32. The minimum atomic E-state index is 0.0502. The second-order valence-corrected chi connectivity index (χ2v) is 9.38. The lowest BCUT2D eigenvalue weighted by atomic mass is 9.97. The van der Waals surface area contributed by atoms with Crippen LogP contribution in [0.25, 0.3) is 0 Å². The third-order valence-electron chi connectivity index (χ3n) is 6.76. The van der Waals surface area contributed by atoms with Crippen LogP contribution >= 0.6 is 0 Å². The van der Waals surface area contributed by atoms with Crippen molar-refractivity contribution in [3.8, 4) is 17.2 Å². The van der Waals surface area contributed by atoms with Gasteiger partial charge in [0.1, 0.15) is 35.4 Å². The molecule has 2 aromatic rings. The standard InChI is InChI=1S/C30H37N3O4/c1-20(2)37-19-29-31-21(3)25(18-33(29)30-27(35-6)13-10-14-28(30)36-7)22(4)32-16-15-23(17-32)24-11-8-9-12-26(24)34-5/h8-14,18,20,23H,3-4,15-17,19H2,1-2,5-7H3. The molecule has 1 atom stereocenters. The number of hydrogen-bond acceptors (Lipinski definition) is 7. The van der Waals surface area contributed by atoms with Crippen molar-refractivity contribution in [3.05, 3.63) is 84.4 Å². The molecule has 7 heteroatoms. The number of benzene rings is 2. The fourth-order valence-electron chi connectivity index (χ4n) is 4.83. The van der Waals surface area contributed by atoms with E-state index in [1.165, 1.54) is 5.56 Å². The topological polar surface area (TPSA) is 55.8 Å². The van der Waals surface area contributed by atoms with Gasteiger partial charge in [0.2, 0.25) is 0 Å². The Balaban J connectivity index is 1.66. The Morgan fingerprint density at radius 2 is 1.65 bits per heavy atom. The summed E-state index contributed by atoms with van der Waals surface area (Å²) in [5.41, 5.74) is 4.38. The molecule has 0 spiro atoms. The fourth-order valence-corrected chi connectivity index (χ4v) is 4.83. The monoisotopic (exact) mass is 503 g/mol. The van der Waals surface area contributed by atoms with Crippen molar-refractivity contribution >= 4 is 11.5 Å². The summed E-state index contributed by atoms with van der Waals surface area (Å²) in [6.07, 6.45) is 3.09. The van der Waals surface area contributed by atoms with E-state index in [0.29, 0.717) is 35.6 Å². The lowest BCUT2D eigenvalue weighted by Crippen LogP contribution is -2.35. The first-order valence-corrected chi connectivity index (χ1v) is 12.6. The third-order valence-corrected chi connectivity index (χ3v) is 6.76. The molecule has 1 fully saturated rings. The number of para-hydroxylation sites is 2. The van der Waals surface area contributed by atoms with Crippen LogP contribution in [0.3, 0.4) is 0 Å². The van der Waals surface area contributed by atoms with Crippen molar-refractivity contribution in [3.63, 3.8) is 0 Å². The van der Waals surface area contributed by atoms with Gasteiger partial charge in [0.15, 0.2) is 0 Å². The molecule has 1 saturated heterocycles. The number of hydrogen-bond donors (Lipinski definition) is 0. The number of nitrogens with zero attached hydrogens (tertiary/aromatic N) is 3. The largest absolute Gasteiger partial charge is 0.496 e. The van der Waals surface area contributed by atoms with Crippen molar-refractivity contribution in [2.45, 2.75) is 32.3 Å². The summed E-state index contributed by atoms with van der Waals surface area (Å²) in [7, 11) is 5.02. The number of amidine groups is 1. The Bertz CT molecular complexity index is 1190. The first-order valence-electron chi connectivity index (χ1n) is 12.6.